The Hall–Kier alpha value is -3.08. The van der Waals surface area contributed by atoms with Crippen molar-refractivity contribution in [3.05, 3.63) is 71.1 Å². The largest absolute Gasteiger partial charge is 0.378 e. The molecule has 0 amide bonds. The van der Waals surface area contributed by atoms with Crippen molar-refractivity contribution in [2.75, 3.05) is 37.7 Å². The van der Waals surface area contributed by atoms with Gasteiger partial charge in [0.15, 0.2) is 0 Å². The topological polar surface area (TPSA) is 91.2 Å². The van der Waals surface area contributed by atoms with Gasteiger partial charge in [0.1, 0.15) is 18.0 Å². The number of morpholine rings is 1. The fraction of sp³-hybridized carbons (Fsp3) is 0.286. The molecular formula is C21H23ClF2N6O2. The normalized spacial score (nSPS) is 14.3. The zero-order valence-electron chi connectivity index (χ0n) is 17.2. The lowest BCUT2D eigenvalue weighted by atomic mass is 10.1. The Kier molecular flexibility index (Phi) is 7.73. The summed E-state index contributed by atoms with van der Waals surface area (Å²) in [5.41, 5.74) is 6.47. The highest BCUT2D eigenvalue weighted by atomic mass is 35.5. The number of halogens is 3. The molecule has 1 aliphatic rings. The van der Waals surface area contributed by atoms with Crippen LogP contribution in [0.4, 0.5) is 14.6 Å². The molecule has 32 heavy (non-hydrogen) atoms. The fourth-order valence-electron chi connectivity index (χ4n) is 3.36. The van der Waals surface area contributed by atoms with E-state index >= 15 is 0 Å². The minimum absolute atomic E-state index is 0. The molecule has 2 N–H and O–H groups in total. The van der Waals surface area contributed by atoms with E-state index in [4.69, 9.17) is 10.5 Å². The van der Waals surface area contributed by atoms with Crippen LogP contribution in [0.5, 0.6) is 0 Å². The maximum Gasteiger partial charge on any atom is 0.350 e. The highest BCUT2D eigenvalue weighted by molar-refractivity contribution is 5.85. The van der Waals surface area contributed by atoms with E-state index in [9.17, 15) is 13.6 Å². The van der Waals surface area contributed by atoms with Crippen molar-refractivity contribution < 1.29 is 13.5 Å². The second-order valence-electron chi connectivity index (χ2n) is 7.08. The van der Waals surface area contributed by atoms with Gasteiger partial charge in [-0.2, -0.15) is 5.10 Å². The third-order valence-corrected chi connectivity index (χ3v) is 5.13. The molecule has 0 bridgehead atoms. The number of ether oxygens (including phenoxy) is 1. The van der Waals surface area contributed by atoms with Gasteiger partial charge in [-0.05, 0) is 35.4 Å². The second-order valence-corrected chi connectivity index (χ2v) is 7.08. The SMILES string of the molecule is Cl.NC/C(=C\F)Cn1ncn(-c2ccc(-c3ccc(N4CCOCC4)nc3)cc2F)c1=O. The Morgan fingerprint density at radius 3 is 2.56 bits per heavy atom. The molecule has 170 valence electrons. The Bertz CT molecular complexity index is 1140. The zero-order valence-corrected chi connectivity index (χ0v) is 18.0. The number of hydrogen-bond acceptors (Lipinski definition) is 6. The quantitative estimate of drug-likeness (QED) is 0.602. The van der Waals surface area contributed by atoms with Crippen molar-refractivity contribution in [3.63, 3.8) is 0 Å². The van der Waals surface area contributed by atoms with E-state index < -0.39 is 11.5 Å². The Morgan fingerprint density at radius 2 is 1.94 bits per heavy atom. The average Bonchev–Trinajstić information content (AvgIpc) is 3.17. The lowest BCUT2D eigenvalue weighted by Crippen LogP contribution is -2.36. The van der Waals surface area contributed by atoms with E-state index in [1.165, 1.54) is 18.5 Å². The van der Waals surface area contributed by atoms with Crippen LogP contribution in [0.3, 0.4) is 0 Å². The second kappa shape index (κ2) is 10.5. The molecule has 0 atom stereocenters. The first kappa shape index (κ1) is 23.6. The van der Waals surface area contributed by atoms with Crippen LogP contribution in [0.1, 0.15) is 0 Å². The van der Waals surface area contributed by atoms with Crippen molar-refractivity contribution in [1.29, 1.82) is 0 Å². The van der Waals surface area contributed by atoms with E-state index in [2.05, 4.69) is 15.0 Å². The Morgan fingerprint density at radius 1 is 1.19 bits per heavy atom. The van der Waals surface area contributed by atoms with Gasteiger partial charge in [0.2, 0.25) is 0 Å². The van der Waals surface area contributed by atoms with Gasteiger partial charge >= 0.3 is 5.69 Å². The molecule has 0 saturated carbocycles. The van der Waals surface area contributed by atoms with E-state index in [1.54, 1.807) is 12.3 Å². The summed E-state index contributed by atoms with van der Waals surface area (Å²) in [6, 6.07) is 8.34. The summed E-state index contributed by atoms with van der Waals surface area (Å²) >= 11 is 0. The lowest BCUT2D eigenvalue weighted by molar-refractivity contribution is 0.122. The minimum atomic E-state index is -0.587. The van der Waals surface area contributed by atoms with Gasteiger partial charge in [-0.15, -0.1) is 12.4 Å². The number of nitrogens with zero attached hydrogens (tertiary/aromatic N) is 5. The third kappa shape index (κ3) is 4.87. The van der Waals surface area contributed by atoms with E-state index in [-0.39, 0.29) is 36.8 Å². The van der Waals surface area contributed by atoms with Crippen LogP contribution >= 0.6 is 12.4 Å². The highest BCUT2D eigenvalue weighted by Crippen LogP contribution is 2.24. The summed E-state index contributed by atoms with van der Waals surface area (Å²) in [5.74, 6) is 0.263. The van der Waals surface area contributed by atoms with Crippen LogP contribution in [0, 0.1) is 5.82 Å². The number of benzene rings is 1. The zero-order chi connectivity index (χ0) is 21.8. The smallest absolute Gasteiger partial charge is 0.350 e. The third-order valence-electron chi connectivity index (χ3n) is 5.13. The van der Waals surface area contributed by atoms with Crippen molar-refractivity contribution in [3.8, 4) is 16.8 Å². The summed E-state index contributed by atoms with van der Waals surface area (Å²) in [6.45, 7) is 2.77. The van der Waals surface area contributed by atoms with Gasteiger partial charge in [0.25, 0.3) is 0 Å². The molecule has 0 unspecified atom stereocenters. The van der Waals surface area contributed by atoms with Crippen LogP contribution in [-0.4, -0.2) is 52.2 Å². The van der Waals surface area contributed by atoms with Crippen molar-refractivity contribution in [2.24, 2.45) is 5.73 Å². The van der Waals surface area contributed by atoms with Crippen LogP contribution in [-0.2, 0) is 11.3 Å². The van der Waals surface area contributed by atoms with Crippen LogP contribution in [0.15, 0.2) is 59.6 Å². The monoisotopic (exact) mass is 464 g/mol. The van der Waals surface area contributed by atoms with Crippen LogP contribution in [0.2, 0.25) is 0 Å². The molecule has 2 aromatic heterocycles. The number of aromatic nitrogens is 4. The summed E-state index contributed by atoms with van der Waals surface area (Å²) < 4.78 is 35.0. The molecule has 3 heterocycles. The Balaban J connectivity index is 0.00000289. The first-order chi connectivity index (χ1) is 15.1. The molecule has 1 fully saturated rings. The van der Waals surface area contributed by atoms with Gasteiger partial charge in [0.05, 0.1) is 31.8 Å². The molecule has 8 nitrogen and oxygen atoms in total. The number of hydrogen-bond donors (Lipinski definition) is 1. The molecule has 11 heteroatoms. The number of anilines is 1. The average molecular weight is 465 g/mol. The van der Waals surface area contributed by atoms with Crippen molar-refractivity contribution in [1.82, 2.24) is 19.3 Å². The van der Waals surface area contributed by atoms with Gasteiger partial charge < -0.3 is 15.4 Å². The van der Waals surface area contributed by atoms with Crippen molar-refractivity contribution >= 4 is 18.2 Å². The first-order valence-electron chi connectivity index (χ1n) is 9.82. The predicted molar refractivity (Wildman–Crippen MR) is 120 cm³/mol. The fourth-order valence-corrected chi connectivity index (χ4v) is 3.36. The molecule has 0 aliphatic carbocycles. The number of nitrogens with two attached hydrogens (primary N) is 1. The van der Waals surface area contributed by atoms with Gasteiger partial charge in [-0.3, -0.25) is 0 Å². The molecule has 3 aromatic rings. The molecule has 0 radical (unpaired) electrons. The predicted octanol–water partition coefficient (Wildman–Crippen LogP) is 2.31. The molecule has 1 saturated heterocycles. The highest BCUT2D eigenvalue weighted by Gasteiger charge is 2.15. The molecule has 1 aromatic carbocycles. The molecule has 0 spiro atoms. The Labute approximate surface area is 189 Å². The van der Waals surface area contributed by atoms with E-state index in [0.717, 1.165) is 33.7 Å². The minimum Gasteiger partial charge on any atom is -0.378 e. The molecule has 1 aliphatic heterocycles. The van der Waals surface area contributed by atoms with E-state index in [1.807, 2.05) is 12.1 Å². The standard InChI is InChI=1S/C21H22F2N6O2.ClH/c22-10-15(11-24)13-29-21(30)28(14-26-29)19-3-1-16(9-18(19)23)17-2-4-20(25-12-17)27-5-7-31-8-6-27;/h1-4,9-10,12,14H,5-8,11,13,24H2;1H/b15-10+;. The maximum atomic E-state index is 14.8. The maximum absolute atomic E-state index is 14.8. The molecular weight excluding hydrogens is 442 g/mol. The van der Waals surface area contributed by atoms with Gasteiger partial charge in [-0.25, -0.2) is 27.8 Å². The number of pyridine rings is 1. The van der Waals surface area contributed by atoms with Crippen LogP contribution < -0.4 is 16.3 Å². The number of rotatable bonds is 6. The first-order valence-corrected chi connectivity index (χ1v) is 9.82. The lowest BCUT2D eigenvalue weighted by Gasteiger charge is -2.27. The summed E-state index contributed by atoms with van der Waals surface area (Å²) in [5, 5.41) is 3.92. The van der Waals surface area contributed by atoms with Gasteiger partial charge in [-0.1, -0.05) is 6.07 Å². The van der Waals surface area contributed by atoms with Gasteiger partial charge in [0, 0.05) is 31.4 Å². The van der Waals surface area contributed by atoms with Crippen molar-refractivity contribution in [2.45, 2.75) is 6.54 Å². The van der Waals surface area contributed by atoms with Crippen LogP contribution in [0.25, 0.3) is 16.8 Å². The summed E-state index contributed by atoms with van der Waals surface area (Å²) in [4.78, 5) is 19.1. The summed E-state index contributed by atoms with van der Waals surface area (Å²) in [6.07, 6.45) is 3.24. The summed E-state index contributed by atoms with van der Waals surface area (Å²) in [7, 11) is 0. The van der Waals surface area contributed by atoms with E-state index in [0.29, 0.717) is 25.1 Å². The molecule has 4 rings (SSSR count).